The minimum absolute atomic E-state index is 0.164. The largest absolute Gasteiger partial charge is 0.309 e. The lowest BCUT2D eigenvalue weighted by Gasteiger charge is -2.22. The van der Waals surface area contributed by atoms with Gasteiger partial charge in [-0.05, 0) is 80.5 Å². The maximum Gasteiger partial charge on any atom is 0.165 e. The normalized spacial score (nSPS) is 13.8. The molecule has 0 saturated carbocycles. The third-order valence-corrected chi connectivity index (χ3v) is 12.6. The van der Waals surface area contributed by atoms with Gasteiger partial charge < -0.3 is 4.57 Å². The summed E-state index contributed by atoms with van der Waals surface area (Å²) in [7, 11) is 0. The molecule has 0 spiro atoms. The third kappa shape index (κ3) is 3.57. The maximum atomic E-state index is 5.61. The zero-order chi connectivity index (χ0) is 36.2. The molecule has 4 nitrogen and oxygen atoms in total. The Bertz CT molecular complexity index is 3610. The average molecular weight is 701 g/mol. The van der Waals surface area contributed by atoms with E-state index in [0.717, 1.165) is 55.6 Å². The van der Waals surface area contributed by atoms with Crippen LogP contribution in [-0.2, 0) is 5.41 Å². The van der Waals surface area contributed by atoms with Gasteiger partial charge in [-0.15, -0.1) is 0 Å². The van der Waals surface area contributed by atoms with Gasteiger partial charge in [0.05, 0.1) is 33.1 Å². The number of hydrogen-bond acceptors (Lipinski definition) is 2. The lowest BCUT2D eigenvalue weighted by molar-refractivity contribution is 0.663. The first-order valence-electron chi connectivity index (χ1n) is 19.1. The van der Waals surface area contributed by atoms with Gasteiger partial charge in [0.1, 0.15) is 5.69 Å². The number of nitrogens with zero attached hydrogens (tertiary/aromatic N) is 4. The average Bonchev–Trinajstić information content (AvgIpc) is 3.83. The smallest absolute Gasteiger partial charge is 0.165 e. The summed E-state index contributed by atoms with van der Waals surface area (Å²) >= 11 is 0. The number of fused-ring (bicyclic) bond motifs is 4. The van der Waals surface area contributed by atoms with Gasteiger partial charge >= 0.3 is 0 Å². The Kier molecular flexibility index (Phi) is 5.42. The zero-order valence-electron chi connectivity index (χ0n) is 30.3. The van der Waals surface area contributed by atoms with Crippen molar-refractivity contribution in [3.8, 4) is 22.8 Å². The molecule has 1 aliphatic rings. The predicted octanol–water partition coefficient (Wildman–Crippen LogP) is 13.0. The predicted molar refractivity (Wildman–Crippen MR) is 229 cm³/mol. The molecule has 0 unspecified atom stereocenters. The first-order valence-corrected chi connectivity index (χ1v) is 19.1. The lowest BCUT2D eigenvalue weighted by atomic mass is 9.81. The number of aromatic nitrogens is 4. The first kappa shape index (κ1) is 29.4. The van der Waals surface area contributed by atoms with Gasteiger partial charge in [0.25, 0.3) is 0 Å². The minimum Gasteiger partial charge on any atom is -0.309 e. The van der Waals surface area contributed by atoms with Crippen molar-refractivity contribution in [3.05, 3.63) is 169 Å². The topological polar surface area (TPSA) is 35.6 Å². The molecule has 55 heavy (non-hydrogen) atoms. The Morgan fingerprint density at radius 2 is 1.02 bits per heavy atom. The van der Waals surface area contributed by atoms with Crippen LogP contribution in [0.15, 0.2) is 158 Å². The molecule has 256 valence electrons. The van der Waals surface area contributed by atoms with Gasteiger partial charge in [0.15, 0.2) is 5.82 Å². The van der Waals surface area contributed by atoms with Crippen LogP contribution in [0.25, 0.3) is 110 Å². The van der Waals surface area contributed by atoms with Crippen molar-refractivity contribution in [2.45, 2.75) is 19.3 Å². The SMILES string of the molecule is CC1(C)c2cccc3c4cccc5c4c4c6c7c(c1ccc7n(-c1nc7ccc8ccccc8c7nc1-c1ccccc1)c6ccc4n5-c1ccccc1)c23. The molecular weight excluding hydrogens is 669 g/mol. The lowest BCUT2D eigenvalue weighted by Crippen LogP contribution is -2.15. The van der Waals surface area contributed by atoms with E-state index in [1.54, 1.807) is 0 Å². The van der Waals surface area contributed by atoms with E-state index >= 15 is 0 Å². The van der Waals surface area contributed by atoms with E-state index in [9.17, 15) is 0 Å². The van der Waals surface area contributed by atoms with Gasteiger partial charge in [0.2, 0.25) is 0 Å². The quantitative estimate of drug-likeness (QED) is 0.172. The molecule has 9 aromatic carbocycles. The fourth-order valence-electron chi connectivity index (χ4n) is 10.3. The van der Waals surface area contributed by atoms with E-state index in [1.807, 2.05) is 0 Å². The molecule has 13 rings (SSSR count). The van der Waals surface area contributed by atoms with E-state index in [4.69, 9.17) is 9.97 Å². The Morgan fingerprint density at radius 3 is 1.84 bits per heavy atom. The highest BCUT2D eigenvalue weighted by molar-refractivity contribution is 6.40. The molecule has 0 radical (unpaired) electrons. The summed E-state index contributed by atoms with van der Waals surface area (Å²) in [4.78, 5) is 11.2. The molecule has 0 aliphatic heterocycles. The summed E-state index contributed by atoms with van der Waals surface area (Å²) in [6.45, 7) is 4.79. The van der Waals surface area contributed by atoms with Crippen LogP contribution >= 0.6 is 0 Å². The molecule has 0 atom stereocenters. The molecule has 4 heteroatoms. The molecular formula is C51H32N4. The highest BCUT2D eigenvalue weighted by atomic mass is 15.1. The Balaban J connectivity index is 1.31. The van der Waals surface area contributed by atoms with E-state index in [-0.39, 0.29) is 5.41 Å². The van der Waals surface area contributed by atoms with Crippen molar-refractivity contribution in [2.75, 3.05) is 0 Å². The van der Waals surface area contributed by atoms with Crippen molar-refractivity contribution < 1.29 is 0 Å². The molecule has 3 aromatic heterocycles. The van der Waals surface area contributed by atoms with E-state index in [1.165, 1.54) is 65.3 Å². The van der Waals surface area contributed by atoms with E-state index in [2.05, 4.69) is 181 Å². The summed E-state index contributed by atoms with van der Waals surface area (Å²) in [5.74, 6) is 0.838. The van der Waals surface area contributed by atoms with Crippen LogP contribution in [0.2, 0.25) is 0 Å². The number of para-hydroxylation sites is 1. The molecule has 0 fully saturated rings. The third-order valence-electron chi connectivity index (χ3n) is 12.6. The Labute approximate surface area is 315 Å². The van der Waals surface area contributed by atoms with Crippen molar-refractivity contribution >= 4 is 87.0 Å². The fraction of sp³-hybridized carbons (Fsp3) is 0.0588. The zero-order valence-corrected chi connectivity index (χ0v) is 30.3. The number of benzene rings is 8. The highest BCUT2D eigenvalue weighted by Crippen LogP contribution is 2.55. The van der Waals surface area contributed by atoms with Crippen molar-refractivity contribution in [1.82, 2.24) is 19.1 Å². The molecule has 0 N–H and O–H groups in total. The maximum absolute atomic E-state index is 5.61. The van der Waals surface area contributed by atoms with Crippen LogP contribution in [0.5, 0.6) is 0 Å². The van der Waals surface area contributed by atoms with E-state index < -0.39 is 0 Å². The van der Waals surface area contributed by atoms with Crippen LogP contribution in [0, 0.1) is 0 Å². The summed E-state index contributed by atoms with van der Waals surface area (Å²) in [6, 6.07) is 57.4. The number of hydrogen-bond donors (Lipinski definition) is 0. The molecule has 0 amide bonds. The molecule has 0 bridgehead atoms. The van der Waals surface area contributed by atoms with Crippen LogP contribution in [0.4, 0.5) is 0 Å². The van der Waals surface area contributed by atoms with Crippen LogP contribution < -0.4 is 0 Å². The van der Waals surface area contributed by atoms with Crippen molar-refractivity contribution in [1.29, 1.82) is 0 Å². The minimum atomic E-state index is -0.164. The Hall–Kier alpha value is -7.04. The Morgan fingerprint density at radius 1 is 0.418 bits per heavy atom. The second kappa shape index (κ2) is 10.1. The van der Waals surface area contributed by atoms with Crippen LogP contribution in [0.1, 0.15) is 25.0 Å². The second-order valence-corrected chi connectivity index (χ2v) is 15.7. The van der Waals surface area contributed by atoms with Crippen molar-refractivity contribution in [2.24, 2.45) is 0 Å². The molecule has 12 aromatic rings. The van der Waals surface area contributed by atoms with Crippen LogP contribution in [-0.4, -0.2) is 19.1 Å². The summed E-state index contributed by atoms with van der Waals surface area (Å²) in [5.41, 5.74) is 12.1. The molecule has 1 aliphatic carbocycles. The first-order chi connectivity index (χ1) is 27.1. The molecule has 0 saturated heterocycles. The number of rotatable bonds is 3. The summed E-state index contributed by atoms with van der Waals surface area (Å²) in [6.07, 6.45) is 0. The fourth-order valence-corrected chi connectivity index (χ4v) is 10.3. The van der Waals surface area contributed by atoms with Crippen LogP contribution in [0.3, 0.4) is 0 Å². The van der Waals surface area contributed by atoms with Gasteiger partial charge in [-0.3, -0.25) is 4.57 Å². The van der Waals surface area contributed by atoms with Gasteiger partial charge in [0, 0.05) is 43.6 Å². The summed E-state index contributed by atoms with van der Waals surface area (Å²) < 4.78 is 4.88. The van der Waals surface area contributed by atoms with Gasteiger partial charge in [-0.1, -0.05) is 129 Å². The summed E-state index contributed by atoms with van der Waals surface area (Å²) in [5, 5.41) is 12.7. The van der Waals surface area contributed by atoms with Gasteiger partial charge in [-0.2, -0.15) is 0 Å². The molecule has 3 heterocycles. The van der Waals surface area contributed by atoms with E-state index in [0.29, 0.717) is 0 Å². The monoisotopic (exact) mass is 700 g/mol. The standard InChI is InChI=1S/C51H32N4/c1-51(2)35-21-11-19-33-34-20-12-22-38-43(34)45-39(54(38)31-16-7-4-8-17-31)27-28-41-47(45)46-40(26-24-36(51)44(46)42(33)35)55(41)50-48(30-14-5-3-6-15-30)53-49-32-18-10-9-13-29(32)23-25-37(49)52-50/h3-28H,1-2H3. The van der Waals surface area contributed by atoms with Crippen molar-refractivity contribution in [3.63, 3.8) is 0 Å². The second-order valence-electron chi connectivity index (χ2n) is 15.7. The highest BCUT2D eigenvalue weighted by Gasteiger charge is 2.36. The van der Waals surface area contributed by atoms with Gasteiger partial charge in [-0.25, -0.2) is 9.97 Å².